The minimum Gasteiger partial charge on any atom is -0.370 e. The molecule has 26 heavy (non-hydrogen) atoms. The third-order valence-electron chi connectivity index (χ3n) is 4.69. The van der Waals surface area contributed by atoms with Gasteiger partial charge in [-0.1, -0.05) is 0 Å². The van der Waals surface area contributed by atoms with Crippen LogP contribution < -0.4 is 10.2 Å². The molecular formula is C18H25FN6O. The second-order valence-electron chi connectivity index (χ2n) is 6.45. The van der Waals surface area contributed by atoms with Gasteiger partial charge in [0.15, 0.2) is 5.82 Å². The van der Waals surface area contributed by atoms with Crippen LogP contribution in [0.15, 0.2) is 30.6 Å². The van der Waals surface area contributed by atoms with Gasteiger partial charge in [0.2, 0.25) is 0 Å². The van der Waals surface area contributed by atoms with Gasteiger partial charge in [0.05, 0.1) is 6.04 Å². The number of aromatic nitrogens is 3. The lowest BCUT2D eigenvalue weighted by Crippen LogP contribution is -2.43. The van der Waals surface area contributed by atoms with Gasteiger partial charge in [-0.05, 0) is 44.5 Å². The minimum absolute atomic E-state index is 0.0934. The Labute approximate surface area is 152 Å². The van der Waals surface area contributed by atoms with Crippen molar-refractivity contribution in [2.75, 3.05) is 31.1 Å². The topological polar surface area (TPSA) is 66.3 Å². The summed E-state index contributed by atoms with van der Waals surface area (Å²) in [6.45, 7) is 7.57. The Morgan fingerprint density at radius 1 is 1.23 bits per heavy atom. The Balaban J connectivity index is 1.58. The summed E-state index contributed by atoms with van der Waals surface area (Å²) in [5, 5.41) is 11.0. The number of hydrogen-bond donors (Lipinski definition) is 1. The molecule has 1 N–H and O–H groups in total. The maximum Gasteiger partial charge on any atom is 0.318 e. The number of halogens is 1. The molecule has 0 aliphatic carbocycles. The summed E-state index contributed by atoms with van der Waals surface area (Å²) in [6, 6.07) is 6.20. The molecule has 0 spiro atoms. The monoisotopic (exact) mass is 360 g/mol. The highest BCUT2D eigenvalue weighted by molar-refractivity contribution is 5.74. The number of hydrogen-bond acceptors (Lipinski definition) is 4. The van der Waals surface area contributed by atoms with Crippen molar-refractivity contribution >= 4 is 11.7 Å². The zero-order valence-electron chi connectivity index (χ0n) is 15.2. The highest BCUT2D eigenvalue weighted by Crippen LogP contribution is 2.17. The van der Waals surface area contributed by atoms with Gasteiger partial charge in [0, 0.05) is 38.4 Å². The van der Waals surface area contributed by atoms with Gasteiger partial charge in [-0.3, -0.25) is 0 Å². The van der Waals surface area contributed by atoms with Gasteiger partial charge in [-0.25, -0.2) is 9.18 Å². The number of benzene rings is 1. The van der Waals surface area contributed by atoms with E-state index >= 15 is 0 Å². The van der Waals surface area contributed by atoms with Crippen molar-refractivity contribution in [1.82, 2.24) is 25.0 Å². The Morgan fingerprint density at radius 2 is 2.00 bits per heavy atom. The molecule has 1 fully saturated rings. The first-order valence-electron chi connectivity index (χ1n) is 9.02. The average molecular weight is 360 g/mol. The average Bonchev–Trinajstić information content (AvgIpc) is 2.99. The summed E-state index contributed by atoms with van der Waals surface area (Å²) in [4.78, 5) is 16.6. The minimum atomic E-state index is -0.238. The van der Waals surface area contributed by atoms with E-state index in [0.29, 0.717) is 13.1 Å². The molecule has 2 heterocycles. The van der Waals surface area contributed by atoms with Crippen LogP contribution in [0.3, 0.4) is 0 Å². The fourth-order valence-corrected chi connectivity index (χ4v) is 3.21. The van der Waals surface area contributed by atoms with E-state index in [4.69, 9.17) is 0 Å². The van der Waals surface area contributed by atoms with Crippen LogP contribution in [-0.4, -0.2) is 51.9 Å². The Hall–Kier alpha value is -2.64. The van der Waals surface area contributed by atoms with Crippen molar-refractivity contribution < 1.29 is 9.18 Å². The van der Waals surface area contributed by atoms with E-state index in [1.807, 2.05) is 23.3 Å². The molecule has 2 aromatic rings. The number of carbonyl (C=O) groups is 1. The predicted octanol–water partition coefficient (Wildman–Crippen LogP) is 2.42. The van der Waals surface area contributed by atoms with Crippen molar-refractivity contribution in [3.8, 4) is 0 Å². The van der Waals surface area contributed by atoms with Gasteiger partial charge in [0.25, 0.3) is 0 Å². The van der Waals surface area contributed by atoms with Crippen molar-refractivity contribution in [3.63, 3.8) is 0 Å². The maximum absolute atomic E-state index is 13.1. The number of aryl methyl sites for hydroxylation is 1. The van der Waals surface area contributed by atoms with Crippen LogP contribution in [0.5, 0.6) is 0 Å². The smallest absolute Gasteiger partial charge is 0.318 e. The van der Waals surface area contributed by atoms with Crippen LogP contribution in [0, 0.1) is 5.82 Å². The molecule has 0 radical (unpaired) electrons. The summed E-state index contributed by atoms with van der Waals surface area (Å²) in [6.07, 6.45) is 2.54. The summed E-state index contributed by atoms with van der Waals surface area (Å²) in [7, 11) is 0. The largest absolute Gasteiger partial charge is 0.370 e. The quantitative estimate of drug-likeness (QED) is 0.909. The molecule has 8 heteroatoms. The van der Waals surface area contributed by atoms with E-state index < -0.39 is 0 Å². The number of nitrogens with one attached hydrogen (secondary N) is 1. The summed E-state index contributed by atoms with van der Waals surface area (Å²) in [5.41, 5.74) is 0.984. The Bertz CT molecular complexity index is 732. The van der Waals surface area contributed by atoms with Crippen LogP contribution >= 0.6 is 0 Å². The molecular weight excluding hydrogens is 335 g/mol. The SMILES string of the molecule is CCn1cnnc1[C@H](C)NC(=O)N1CCCN(c2ccc(F)cc2)CC1. The molecule has 1 aliphatic heterocycles. The van der Waals surface area contributed by atoms with E-state index in [9.17, 15) is 9.18 Å². The van der Waals surface area contributed by atoms with Crippen LogP contribution in [0.25, 0.3) is 0 Å². The second-order valence-corrected chi connectivity index (χ2v) is 6.45. The zero-order chi connectivity index (χ0) is 18.5. The number of rotatable bonds is 4. The highest BCUT2D eigenvalue weighted by Gasteiger charge is 2.22. The molecule has 3 rings (SSSR count). The summed E-state index contributed by atoms with van der Waals surface area (Å²) >= 11 is 0. The lowest BCUT2D eigenvalue weighted by atomic mass is 10.2. The summed E-state index contributed by atoms with van der Waals surface area (Å²) in [5.74, 6) is 0.516. The third-order valence-corrected chi connectivity index (χ3v) is 4.69. The lowest BCUT2D eigenvalue weighted by molar-refractivity contribution is 0.197. The number of nitrogens with zero attached hydrogens (tertiary/aromatic N) is 5. The second kappa shape index (κ2) is 8.16. The first kappa shape index (κ1) is 18.2. The lowest BCUT2D eigenvalue weighted by Gasteiger charge is -2.25. The molecule has 2 amide bonds. The van der Waals surface area contributed by atoms with Crippen molar-refractivity contribution in [2.45, 2.75) is 32.9 Å². The molecule has 1 saturated heterocycles. The standard InChI is InChI=1S/C18H25FN6O/c1-3-23-13-20-22-17(23)14(2)21-18(26)25-10-4-9-24(11-12-25)16-7-5-15(19)6-8-16/h5-8,13-14H,3-4,9-12H2,1-2H3,(H,21,26)/t14-/m0/s1. The van der Waals surface area contributed by atoms with E-state index in [0.717, 1.165) is 37.6 Å². The van der Waals surface area contributed by atoms with Crippen molar-refractivity contribution in [1.29, 1.82) is 0 Å². The molecule has 140 valence electrons. The molecule has 0 unspecified atom stereocenters. The third kappa shape index (κ3) is 4.12. The maximum atomic E-state index is 13.1. The van der Waals surface area contributed by atoms with Gasteiger partial charge < -0.3 is 19.7 Å². The van der Waals surface area contributed by atoms with Gasteiger partial charge in [0.1, 0.15) is 12.1 Å². The van der Waals surface area contributed by atoms with Gasteiger partial charge in [-0.15, -0.1) is 10.2 Å². The van der Waals surface area contributed by atoms with Crippen LogP contribution in [0.2, 0.25) is 0 Å². The van der Waals surface area contributed by atoms with Crippen LogP contribution in [0.4, 0.5) is 14.9 Å². The number of urea groups is 1. The molecule has 0 bridgehead atoms. The summed E-state index contributed by atoms with van der Waals surface area (Å²) < 4.78 is 15.0. The fourth-order valence-electron chi connectivity index (χ4n) is 3.21. The first-order chi connectivity index (χ1) is 12.6. The molecule has 1 atom stereocenters. The van der Waals surface area contributed by atoms with E-state index in [2.05, 4.69) is 20.4 Å². The molecule has 1 aromatic heterocycles. The molecule has 7 nitrogen and oxygen atoms in total. The predicted molar refractivity (Wildman–Crippen MR) is 97.4 cm³/mol. The number of amides is 2. The van der Waals surface area contributed by atoms with Crippen molar-refractivity contribution in [3.05, 3.63) is 42.2 Å². The van der Waals surface area contributed by atoms with Crippen LogP contribution in [0.1, 0.15) is 32.1 Å². The fraction of sp³-hybridized carbons (Fsp3) is 0.500. The van der Waals surface area contributed by atoms with Crippen LogP contribution in [-0.2, 0) is 6.54 Å². The zero-order valence-corrected chi connectivity index (χ0v) is 15.2. The van der Waals surface area contributed by atoms with E-state index in [-0.39, 0.29) is 17.9 Å². The molecule has 0 saturated carbocycles. The van der Waals surface area contributed by atoms with Gasteiger partial charge >= 0.3 is 6.03 Å². The van der Waals surface area contributed by atoms with Gasteiger partial charge in [-0.2, -0.15) is 0 Å². The Kier molecular flexibility index (Phi) is 5.70. The van der Waals surface area contributed by atoms with E-state index in [1.54, 1.807) is 18.5 Å². The molecule has 1 aliphatic rings. The normalized spacial score (nSPS) is 16.3. The first-order valence-corrected chi connectivity index (χ1v) is 9.02. The van der Waals surface area contributed by atoms with E-state index in [1.165, 1.54) is 12.1 Å². The Morgan fingerprint density at radius 3 is 2.73 bits per heavy atom. The molecule has 1 aromatic carbocycles. The number of anilines is 1. The highest BCUT2D eigenvalue weighted by atomic mass is 19.1. The number of carbonyl (C=O) groups excluding carboxylic acids is 1. The van der Waals surface area contributed by atoms with Crippen molar-refractivity contribution in [2.24, 2.45) is 0 Å².